The highest BCUT2D eigenvalue weighted by Crippen LogP contribution is 2.35. The third-order valence-electron chi connectivity index (χ3n) is 5.24. The predicted molar refractivity (Wildman–Crippen MR) is 90.3 cm³/mol. The first-order chi connectivity index (χ1) is 11.2. The number of amides is 2. The second-order valence-corrected chi connectivity index (χ2v) is 6.63. The van der Waals surface area contributed by atoms with Crippen molar-refractivity contribution in [2.24, 2.45) is 0 Å². The zero-order chi connectivity index (χ0) is 16.2. The molecule has 126 valence electrons. The SMILES string of the molecule is CN1CCCC1CNC(=O)N(CCO)C1CCc2ccccc21. The number of hydrogen-bond donors (Lipinski definition) is 2. The van der Waals surface area contributed by atoms with E-state index in [1.54, 1.807) is 4.90 Å². The largest absolute Gasteiger partial charge is 0.395 e. The van der Waals surface area contributed by atoms with Crippen LogP contribution in [-0.2, 0) is 6.42 Å². The lowest BCUT2D eigenvalue weighted by Gasteiger charge is -2.30. The molecule has 1 fully saturated rings. The van der Waals surface area contributed by atoms with Crippen molar-refractivity contribution in [2.45, 2.75) is 37.8 Å². The molecule has 0 aromatic heterocycles. The smallest absolute Gasteiger partial charge is 0.318 e. The van der Waals surface area contributed by atoms with E-state index in [1.807, 2.05) is 12.1 Å². The summed E-state index contributed by atoms with van der Waals surface area (Å²) < 4.78 is 0. The Morgan fingerprint density at radius 1 is 1.39 bits per heavy atom. The topological polar surface area (TPSA) is 55.8 Å². The van der Waals surface area contributed by atoms with Crippen molar-refractivity contribution in [1.29, 1.82) is 0 Å². The van der Waals surface area contributed by atoms with Crippen LogP contribution in [0.4, 0.5) is 4.79 Å². The van der Waals surface area contributed by atoms with Gasteiger partial charge in [0, 0.05) is 19.1 Å². The molecule has 1 saturated heterocycles. The summed E-state index contributed by atoms with van der Waals surface area (Å²) >= 11 is 0. The highest BCUT2D eigenvalue weighted by atomic mass is 16.3. The number of benzene rings is 1. The van der Waals surface area contributed by atoms with Crippen LogP contribution in [-0.4, -0.2) is 60.3 Å². The zero-order valence-electron chi connectivity index (χ0n) is 13.9. The van der Waals surface area contributed by atoms with Crippen LogP contribution in [0.2, 0.25) is 0 Å². The van der Waals surface area contributed by atoms with Crippen molar-refractivity contribution in [3.05, 3.63) is 35.4 Å². The van der Waals surface area contributed by atoms with Crippen LogP contribution in [0.25, 0.3) is 0 Å². The second kappa shape index (κ2) is 7.32. The second-order valence-electron chi connectivity index (χ2n) is 6.63. The van der Waals surface area contributed by atoms with Crippen LogP contribution >= 0.6 is 0 Å². The summed E-state index contributed by atoms with van der Waals surface area (Å²) in [5.74, 6) is 0. The molecule has 3 rings (SSSR count). The molecule has 1 aromatic carbocycles. The number of carbonyl (C=O) groups excluding carboxylic acids is 1. The highest BCUT2D eigenvalue weighted by molar-refractivity contribution is 5.75. The molecule has 1 aromatic rings. The van der Waals surface area contributed by atoms with E-state index in [-0.39, 0.29) is 18.7 Å². The first-order valence-corrected chi connectivity index (χ1v) is 8.64. The molecule has 2 aliphatic rings. The van der Waals surface area contributed by atoms with E-state index >= 15 is 0 Å². The van der Waals surface area contributed by atoms with Gasteiger partial charge in [-0.2, -0.15) is 0 Å². The van der Waals surface area contributed by atoms with Gasteiger partial charge in [-0.05, 0) is 50.4 Å². The number of hydrogen-bond acceptors (Lipinski definition) is 3. The standard InChI is InChI=1S/C18H27N3O2/c1-20-10-4-6-15(20)13-19-18(23)21(11-12-22)17-9-8-14-5-2-3-7-16(14)17/h2-3,5,7,15,17,22H,4,6,8-13H2,1H3,(H,19,23). The molecule has 0 saturated carbocycles. The lowest BCUT2D eigenvalue weighted by atomic mass is 10.1. The highest BCUT2D eigenvalue weighted by Gasteiger charge is 2.31. The number of carbonyl (C=O) groups is 1. The number of fused-ring (bicyclic) bond motifs is 1. The number of aliphatic hydroxyl groups is 1. The van der Waals surface area contributed by atoms with Gasteiger partial charge in [0.1, 0.15) is 0 Å². The Bertz CT molecular complexity index is 549. The summed E-state index contributed by atoms with van der Waals surface area (Å²) in [4.78, 5) is 16.8. The van der Waals surface area contributed by atoms with Crippen molar-refractivity contribution in [1.82, 2.24) is 15.1 Å². The third-order valence-corrected chi connectivity index (χ3v) is 5.24. The molecule has 0 spiro atoms. The molecular formula is C18H27N3O2. The van der Waals surface area contributed by atoms with Gasteiger partial charge in [0.15, 0.2) is 0 Å². The zero-order valence-corrected chi connectivity index (χ0v) is 13.9. The summed E-state index contributed by atoms with van der Waals surface area (Å²) in [7, 11) is 2.11. The minimum atomic E-state index is -0.0546. The number of nitrogens with one attached hydrogen (secondary N) is 1. The third kappa shape index (κ3) is 3.51. The van der Waals surface area contributed by atoms with Gasteiger partial charge in [-0.15, -0.1) is 0 Å². The molecule has 2 amide bonds. The number of nitrogens with zero attached hydrogens (tertiary/aromatic N) is 2. The van der Waals surface area contributed by atoms with E-state index in [4.69, 9.17) is 0 Å². The van der Waals surface area contributed by atoms with E-state index < -0.39 is 0 Å². The van der Waals surface area contributed by atoms with Gasteiger partial charge in [-0.1, -0.05) is 24.3 Å². The number of aliphatic hydroxyl groups excluding tert-OH is 1. The van der Waals surface area contributed by atoms with Gasteiger partial charge in [0.2, 0.25) is 0 Å². The van der Waals surface area contributed by atoms with Crippen molar-refractivity contribution in [3.63, 3.8) is 0 Å². The minimum absolute atomic E-state index is 0.00455. The summed E-state index contributed by atoms with van der Waals surface area (Å²) in [6, 6.07) is 8.78. The Labute approximate surface area is 138 Å². The van der Waals surface area contributed by atoms with E-state index in [0.717, 1.165) is 25.8 Å². The Morgan fingerprint density at radius 2 is 2.22 bits per heavy atom. The molecule has 23 heavy (non-hydrogen) atoms. The summed E-state index contributed by atoms with van der Waals surface area (Å²) in [5.41, 5.74) is 2.55. The number of urea groups is 1. The van der Waals surface area contributed by atoms with Crippen LogP contribution < -0.4 is 5.32 Å². The van der Waals surface area contributed by atoms with Crippen LogP contribution in [0.3, 0.4) is 0 Å². The normalized spacial score (nSPS) is 23.7. The maximum absolute atomic E-state index is 12.7. The maximum Gasteiger partial charge on any atom is 0.318 e. The van der Waals surface area contributed by atoms with Gasteiger partial charge < -0.3 is 20.2 Å². The van der Waals surface area contributed by atoms with Crippen molar-refractivity contribution < 1.29 is 9.90 Å². The fraction of sp³-hybridized carbons (Fsp3) is 0.611. The maximum atomic E-state index is 12.7. The van der Waals surface area contributed by atoms with E-state index in [9.17, 15) is 9.90 Å². The van der Waals surface area contributed by atoms with Gasteiger partial charge in [0.25, 0.3) is 0 Å². The molecule has 2 unspecified atom stereocenters. The molecule has 0 radical (unpaired) electrons. The fourth-order valence-electron chi connectivity index (χ4n) is 3.91. The first-order valence-electron chi connectivity index (χ1n) is 8.64. The molecule has 2 atom stereocenters. The van der Waals surface area contributed by atoms with Gasteiger partial charge >= 0.3 is 6.03 Å². The molecular weight excluding hydrogens is 290 g/mol. The molecule has 2 N–H and O–H groups in total. The molecule has 5 nitrogen and oxygen atoms in total. The molecule has 1 aliphatic carbocycles. The van der Waals surface area contributed by atoms with Crippen LogP contribution in [0.15, 0.2) is 24.3 Å². The Hall–Kier alpha value is -1.59. The Kier molecular flexibility index (Phi) is 5.18. The summed E-state index contributed by atoms with van der Waals surface area (Å²) in [6.45, 7) is 2.17. The van der Waals surface area contributed by atoms with Crippen LogP contribution in [0.5, 0.6) is 0 Å². The lowest BCUT2D eigenvalue weighted by Crippen LogP contribution is -2.47. The van der Waals surface area contributed by atoms with Crippen molar-refractivity contribution in [3.8, 4) is 0 Å². The Balaban J connectivity index is 1.65. The number of likely N-dealkylation sites (N-methyl/N-ethyl adjacent to an activating group) is 1. The number of likely N-dealkylation sites (tertiary alicyclic amines) is 1. The first kappa shape index (κ1) is 16.3. The van der Waals surface area contributed by atoms with Crippen LogP contribution in [0.1, 0.15) is 36.4 Å². The summed E-state index contributed by atoms with van der Waals surface area (Å²) in [6.07, 6.45) is 4.29. The molecule has 0 bridgehead atoms. The molecule has 5 heteroatoms. The van der Waals surface area contributed by atoms with Crippen molar-refractivity contribution >= 4 is 6.03 Å². The monoisotopic (exact) mass is 317 g/mol. The molecule has 1 aliphatic heterocycles. The van der Waals surface area contributed by atoms with Gasteiger partial charge in [-0.25, -0.2) is 4.79 Å². The average Bonchev–Trinajstić information content (AvgIpc) is 3.16. The quantitative estimate of drug-likeness (QED) is 0.870. The van der Waals surface area contributed by atoms with Crippen LogP contribution in [0, 0.1) is 0 Å². The minimum Gasteiger partial charge on any atom is -0.395 e. The predicted octanol–water partition coefficient (Wildman–Crippen LogP) is 1.77. The Morgan fingerprint density at radius 3 is 2.96 bits per heavy atom. The average molecular weight is 317 g/mol. The lowest BCUT2D eigenvalue weighted by molar-refractivity contribution is 0.149. The van der Waals surface area contributed by atoms with Gasteiger partial charge in [0.05, 0.1) is 12.6 Å². The van der Waals surface area contributed by atoms with E-state index in [2.05, 4.69) is 29.4 Å². The van der Waals surface area contributed by atoms with Crippen molar-refractivity contribution in [2.75, 3.05) is 33.3 Å². The fourth-order valence-corrected chi connectivity index (χ4v) is 3.91. The van der Waals surface area contributed by atoms with E-state index in [1.165, 1.54) is 17.5 Å². The number of aryl methyl sites for hydroxylation is 1. The number of rotatable bonds is 5. The summed E-state index contributed by atoms with van der Waals surface area (Å²) in [5, 5.41) is 12.5. The van der Waals surface area contributed by atoms with E-state index in [0.29, 0.717) is 19.1 Å². The van der Waals surface area contributed by atoms with Gasteiger partial charge in [-0.3, -0.25) is 0 Å². The molecule has 1 heterocycles.